The summed E-state index contributed by atoms with van der Waals surface area (Å²) < 4.78 is 10.1. The molecule has 0 saturated heterocycles. The standard InChI is InChI=1S/C12H18N2O4/c1-17-8-9-18-7-6-13-10-11-2-4-12(5-3-11)14(15)16/h2-5,13H,6-10H2,1H3. The SMILES string of the molecule is COCCOCCNCc1ccc([N+](=O)[O-])cc1. The normalized spacial score (nSPS) is 10.5. The van der Waals surface area contributed by atoms with Gasteiger partial charge in [0.25, 0.3) is 5.69 Å². The molecule has 0 saturated carbocycles. The van der Waals surface area contributed by atoms with E-state index in [2.05, 4.69) is 5.32 Å². The minimum Gasteiger partial charge on any atom is -0.382 e. The molecule has 0 atom stereocenters. The zero-order valence-electron chi connectivity index (χ0n) is 10.4. The van der Waals surface area contributed by atoms with Crippen LogP contribution in [0.5, 0.6) is 0 Å². The number of non-ortho nitro benzene ring substituents is 1. The maximum absolute atomic E-state index is 10.5. The first-order valence-electron chi connectivity index (χ1n) is 5.75. The van der Waals surface area contributed by atoms with Crippen molar-refractivity contribution in [3.05, 3.63) is 39.9 Å². The number of ether oxygens (including phenoxy) is 2. The Kier molecular flexibility index (Phi) is 6.93. The van der Waals surface area contributed by atoms with Crippen molar-refractivity contribution in [2.75, 3.05) is 33.5 Å². The van der Waals surface area contributed by atoms with Crippen LogP contribution in [0.2, 0.25) is 0 Å². The van der Waals surface area contributed by atoms with Crippen molar-refractivity contribution in [2.45, 2.75) is 6.54 Å². The van der Waals surface area contributed by atoms with Gasteiger partial charge in [-0.05, 0) is 5.56 Å². The van der Waals surface area contributed by atoms with E-state index in [4.69, 9.17) is 9.47 Å². The topological polar surface area (TPSA) is 73.6 Å². The minimum atomic E-state index is -0.402. The van der Waals surface area contributed by atoms with Crippen molar-refractivity contribution in [3.63, 3.8) is 0 Å². The lowest BCUT2D eigenvalue weighted by Crippen LogP contribution is -2.20. The highest BCUT2D eigenvalue weighted by Gasteiger charge is 2.03. The number of methoxy groups -OCH3 is 1. The number of rotatable bonds is 9. The van der Waals surface area contributed by atoms with Gasteiger partial charge in [0.2, 0.25) is 0 Å². The highest BCUT2D eigenvalue weighted by Crippen LogP contribution is 2.11. The van der Waals surface area contributed by atoms with E-state index < -0.39 is 4.92 Å². The van der Waals surface area contributed by atoms with Gasteiger partial charge in [-0.2, -0.15) is 0 Å². The second kappa shape index (κ2) is 8.57. The van der Waals surface area contributed by atoms with Crippen LogP contribution in [-0.4, -0.2) is 38.4 Å². The van der Waals surface area contributed by atoms with E-state index in [0.29, 0.717) is 26.4 Å². The first-order valence-corrected chi connectivity index (χ1v) is 5.75. The first kappa shape index (κ1) is 14.6. The minimum absolute atomic E-state index is 0.113. The molecule has 0 amide bonds. The average molecular weight is 254 g/mol. The monoisotopic (exact) mass is 254 g/mol. The van der Waals surface area contributed by atoms with Gasteiger partial charge in [-0.25, -0.2) is 0 Å². The molecule has 0 bridgehead atoms. The molecule has 1 aromatic rings. The lowest BCUT2D eigenvalue weighted by Gasteiger charge is -2.05. The number of nitrogens with zero attached hydrogens (tertiary/aromatic N) is 1. The Bertz CT molecular complexity index is 354. The van der Waals surface area contributed by atoms with Crippen LogP contribution < -0.4 is 5.32 Å². The van der Waals surface area contributed by atoms with Crippen LogP contribution in [0.1, 0.15) is 5.56 Å². The molecule has 0 heterocycles. The van der Waals surface area contributed by atoms with E-state index in [1.54, 1.807) is 19.2 Å². The molecule has 1 rings (SSSR count). The van der Waals surface area contributed by atoms with Crippen LogP contribution in [0.15, 0.2) is 24.3 Å². The van der Waals surface area contributed by atoms with Gasteiger partial charge < -0.3 is 14.8 Å². The van der Waals surface area contributed by atoms with Crippen molar-refractivity contribution in [1.29, 1.82) is 0 Å². The summed E-state index contributed by atoms with van der Waals surface area (Å²) in [5.41, 5.74) is 1.12. The summed E-state index contributed by atoms with van der Waals surface area (Å²) in [6, 6.07) is 6.51. The van der Waals surface area contributed by atoms with Crippen LogP contribution in [-0.2, 0) is 16.0 Å². The van der Waals surface area contributed by atoms with Gasteiger partial charge in [0.1, 0.15) is 0 Å². The zero-order valence-corrected chi connectivity index (χ0v) is 10.4. The molecule has 0 aliphatic heterocycles. The second-order valence-corrected chi connectivity index (χ2v) is 3.71. The van der Waals surface area contributed by atoms with Crippen molar-refractivity contribution in [1.82, 2.24) is 5.32 Å². The number of benzene rings is 1. The van der Waals surface area contributed by atoms with Gasteiger partial charge in [0.05, 0.1) is 24.7 Å². The molecule has 1 aromatic carbocycles. The fourth-order valence-electron chi connectivity index (χ4n) is 1.36. The zero-order chi connectivity index (χ0) is 13.2. The Hall–Kier alpha value is -1.50. The van der Waals surface area contributed by atoms with Crippen LogP contribution in [0.25, 0.3) is 0 Å². The van der Waals surface area contributed by atoms with Gasteiger partial charge >= 0.3 is 0 Å². The van der Waals surface area contributed by atoms with Crippen molar-refractivity contribution >= 4 is 5.69 Å². The number of nitrogens with one attached hydrogen (secondary N) is 1. The molecule has 0 unspecified atom stereocenters. The molecule has 0 radical (unpaired) electrons. The van der Waals surface area contributed by atoms with Crippen LogP contribution >= 0.6 is 0 Å². The van der Waals surface area contributed by atoms with E-state index in [-0.39, 0.29) is 5.69 Å². The third-order valence-corrected chi connectivity index (χ3v) is 2.33. The van der Waals surface area contributed by atoms with E-state index >= 15 is 0 Å². The summed E-state index contributed by atoms with van der Waals surface area (Å²) >= 11 is 0. The molecule has 6 nitrogen and oxygen atoms in total. The molecular weight excluding hydrogens is 236 g/mol. The third kappa shape index (κ3) is 5.72. The predicted molar refractivity (Wildman–Crippen MR) is 67.5 cm³/mol. The van der Waals surface area contributed by atoms with Crippen molar-refractivity contribution in [2.24, 2.45) is 0 Å². The molecular formula is C12H18N2O4. The molecule has 100 valence electrons. The van der Waals surface area contributed by atoms with Crippen molar-refractivity contribution in [3.8, 4) is 0 Å². The number of hydrogen-bond donors (Lipinski definition) is 1. The quantitative estimate of drug-likeness (QED) is 0.409. The highest BCUT2D eigenvalue weighted by molar-refractivity contribution is 5.32. The lowest BCUT2D eigenvalue weighted by atomic mass is 10.2. The maximum Gasteiger partial charge on any atom is 0.269 e. The average Bonchev–Trinajstić information content (AvgIpc) is 2.38. The molecule has 0 aliphatic carbocycles. The summed E-state index contributed by atoms with van der Waals surface area (Å²) in [4.78, 5) is 10.1. The van der Waals surface area contributed by atoms with Gasteiger partial charge in [0.15, 0.2) is 0 Å². The number of hydrogen-bond acceptors (Lipinski definition) is 5. The molecule has 0 aromatic heterocycles. The third-order valence-electron chi connectivity index (χ3n) is 2.33. The van der Waals surface area contributed by atoms with E-state index in [0.717, 1.165) is 12.1 Å². The Labute approximate surface area is 106 Å². The smallest absolute Gasteiger partial charge is 0.269 e. The first-order chi connectivity index (χ1) is 8.74. The van der Waals surface area contributed by atoms with Gasteiger partial charge in [0, 0.05) is 32.3 Å². The summed E-state index contributed by atoms with van der Waals surface area (Å²) in [5, 5.41) is 13.7. The Morgan fingerprint density at radius 2 is 1.94 bits per heavy atom. The fraction of sp³-hybridized carbons (Fsp3) is 0.500. The summed E-state index contributed by atoms with van der Waals surface area (Å²) in [5.74, 6) is 0. The van der Waals surface area contributed by atoms with Crippen molar-refractivity contribution < 1.29 is 14.4 Å². The van der Waals surface area contributed by atoms with Crippen LogP contribution in [0.4, 0.5) is 5.69 Å². The largest absolute Gasteiger partial charge is 0.382 e. The maximum atomic E-state index is 10.5. The van der Waals surface area contributed by atoms with E-state index in [9.17, 15) is 10.1 Å². The van der Waals surface area contributed by atoms with E-state index in [1.807, 2.05) is 0 Å². The summed E-state index contributed by atoms with van der Waals surface area (Å²) in [6.45, 7) is 3.22. The second-order valence-electron chi connectivity index (χ2n) is 3.71. The van der Waals surface area contributed by atoms with E-state index in [1.165, 1.54) is 12.1 Å². The van der Waals surface area contributed by atoms with Crippen LogP contribution in [0.3, 0.4) is 0 Å². The molecule has 1 N–H and O–H groups in total. The summed E-state index contributed by atoms with van der Waals surface area (Å²) in [6.07, 6.45) is 0. The van der Waals surface area contributed by atoms with Gasteiger partial charge in [-0.1, -0.05) is 12.1 Å². The number of nitro groups is 1. The highest BCUT2D eigenvalue weighted by atomic mass is 16.6. The fourth-order valence-corrected chi connectivity index (χ4v) is 1.36. The Morgan fingerprint density at radius 1 is 1.22 bits per heavy atom. The molecule has 18 heavy (non-hydrogen) atoms. The molecule has 0 fully saturated rings. The summed E-state index contributed by atoms with van der Waals surface area (Å²) in [7, 11) is 1.64. The predicted octanol–water partition coefficient (Wildman–Crippen LogP) is 1.35. The molecule has 0 spiro atoms. The Morgan fingerprint density at radius 3 is 2.56 bits per heavy atom. The van der Waals surface area contributed by atoms with Gasteiger partial charge in [-0.15, -0.1) is 0 Å². The van der Waals surface area contributed by atoms with Gasteiger partial charge in [-0.3, -0.25) is 10.1 Å². The Balaban J connectivity index is 2.14. The molecule has 0 aliphatic rings. The number of nitro benzene ring substituents is 1. The molecule has 6 heteroatoms. The van der Waals surface area contributed by atoms with Crippen LogP contribution in [0, 0.1) is 10.1 Å². The lowest BCUT2D eigenvalue weighted by molar-refractivity contribution is -0.384.